The van der Waals surface area contributed by atoms with E-state index in [1.165, 1.54) is 7.11 Å². The predicted octanol–water partition coefficient (Wildman–Crippen LogP) is -0.0201. The van der Waals surface area contributed by atoms with E-state index in [1.54, 1.807) is 17.2 Å². The Morgan fingerprint density at radius 2 is 2.28 bits per heavy atom. The van der Waals surface area contributed by atoms with Gasteiger partial charge in [0.1, 0.15) is 7.11 Å². The van der Waals surface area contributed by atoms with Crippen LogP contribution in [0.3, 0.4) is 0 Å². The highest BCUT2D eigenvalue weighted by Crippen LogP contribution is 2.07. The molecule has 0 radical (unpaired) electrons. The Morgan fingerprint density at radius 1 is 1.50 bits per heavy atom. The Balaban J connectivity index is 2.63. The summed E-state index contributed by atoms with van der Waals surface area (Å²) in [4.78, 5) is 22.3. The third kappa shape index (κ3) is 2.31. The molecule has 0 aliphatic carbocycles. The van der Waals surface area contributed by atoms with Crippen LogP contribution in [0, 0.1) is 0 Å². The zero-order valence-electron chi connectivity index (χ0n) is 10.7. The van der Waals surface area contributed by atoms with Crippen LogP contribution in [0.5, 0.6) is 0 Å². The summed E-state index contributed by atoms with van der Waals surface area (Å²) < 4.78 is 1.80. The summed E-state index contributed by atoms with van der Waals surface area (Å²) in [6.07, 6.45) is 3.32. The van der Waals surface area contributed by atoms with Crippen molar-refractivity contribution in [1.82, 2.24) is 24.4 Å². The maximum Gasteiger partial charge on any atom is 0.231 e. The van der Waals surface area contributed by atoms with Gasteiger partial charge in [0.25, 0.3) is 0 Å². The fourth-order valence-electron chi connectivity index (χ4n) is 1.40. The van der Waals surface area contributed by atoms with Gasteiger partial charge in [-0.05, 0) is 0 Å². The zero-order chi connectivity index (χ0) is 13.1. The molecule has 2 aromatic rings. The first-order valence-electron chi connectivity index (χ1n) is 5.31. The zero-order valence-corrected chi connectivity index (χ0v) is 10.7. The van der Waals surface area contributed by atoms with Crippen molar-refractivity contribution in [3.05, 3.63) is 11.8 Å². The van der Waals surface area contributed by atoms with E-state index in [-0.39, 0.29) is 0 Å². The Morgan fingerprint density at radius 3 is 2.94 bits per heavy atom. The van der Waals surface area contributed by atoms with Gasteiger partial charge in [-0.3, -0.25) is 0 Å². The molecule has 96 valence electrons. The summed E-state index contributed by atoms with van der Waals surface area (Å²) in [5, 5.41) is 3.88. The fraction of sp³-hybridized carbons (Fsp3) is 0.400. The summed E-state index contributed by atoms with van der Waals surface area (Å²) in [7, 11) is 7.10. The average Bonchev–Trinajstić information content (AvgIpc) is 2.69. The molecule has 2 aromatic heterocycles. The normalized spacial score (nSPS) is 12.6. The third-order valence-electron chi connectivity index (χ3n) is 2.17. The van der Waals surface area contributed by atoms with Crippen LogP contribution in [0.4, 0.5) is 5.95 Å². The summed E-state index contributed by atoms with van der Waals surface area (Å²) in [5.41, 5.74) is 1.83. The molecule has 2 heterocycles. The van der Waals surface area contributed by atoms with E-state index in [1.807, 2.05) is 26.0 Å². The second-order valence-electron chi connectivity index (χ2n) is 3.92. The van der Waals surface area contributed by atoms with Crippen molar-refractivity contribution in [3.8, 4) is 0 Å². The number of fused-ring (bicyclic) bond motifs is 1. The molecule has 0 atom stereocenters. The summed E-state index contributed by atoms with van der Waals surface area (Å²) in [5.74, 6) is 0.440. The van der Waals surface area contributed by atoms with Gasteiger partial charge in [-0.25, -0.2) is 9.98 Å². The minimum atomic E-state index is 0.440. The van der Waals surface area contributed by atoms with Crippen molar-refractivity contribution in [1.29, 1.82) is 0 Å². The van der Waals surface area contributed by atoms with E-state index < -0.39 is 0 Å². The largest absolute Gasteiger partial charge is 0.397 e. The highest BCUT2D eigenvalue weighted by molar-refractivity contribution is 5.70. The van der Waals surface area contributed by atoms with Gasteiger partial charge < -0.3 is 19.3 Å². The number of aliphatic imine (C=N–C) groups is 1. The maximum absolute atomic E-state index is 4.78. The van der Waals surface area contributed by atoms with Crippen LogP contribution < -0.4 is 5.49 Å². The van der Waals surface area contributed by atoms with Gasteiger partial charge in [0.2, 0.25) is 11.4 Å². The number of aromatic nitrogens is 4. The number of H-pyrrole nitrogens is 1. The van der Waals surface area contributed by atoms with Crippen molar-refractivity contribution < 1.29 is 4.84 Å². The van der Waals surface area contributed by atoms with E-state index in [9.17, 15) is 0 Å². The van der Waals surface area contributed by atoms with Crippen molar-refractivity contribution in [2.45, 2.75) is 0 Å². The van der Waals surface area contributed by atoms with E-state index in [0.717, 1.165) is 0 Å². The lowest BCUT2D eigenvalue weighted by molar-refractivity contribution is 0.199. The number of nitrogens with zero attached hydrogens (tertiary/aromatic N) is 6. The Hall–Kier alpha value is -2.38. The number of imidazole rings is 1. The molecule has 0 aromatic carbocycles. The van der Waals surface area contributed by atoms with Gasteiger partial charge in [-0.1, -0.05) is 5.16 Å². The molecular formula is C10H15N7O. The van der Waals surface area contributed by atoms with Gasteiger partial charge in [0, 0.05) is 21.1 Å². The van der Waals surface area contributed by atoms with Crippen LogP contribution in [0.15, 0.2) is 16.5 Å². The Bertz CT molecular complexity index is 637. The van der Waals surface area contributed by atoms with Gasteiger partial charge in [-0.2, -0.15) is 4.98 Å². The van der Waals surface area contributed by atoms with E-state index in [0.29, 0.717) is 22.6 Å². The molecule has 0 saturated heterocycles. The molecule has 0 amide bonds. The minimum absolute atomic E-state index is 0.440. The lowest BCUT2D eigenvalue weighted by Gasteiger charge is -2.02. The van der Waals surface area contributed by atoms with E-state index >= 15 is 0 Å². The second-order valence-corrected chi connectivity index (χ2v) is 3.92. The first-order chi connectivity index (χ1) is 8.61. The highest BCUT2D eigenvalue weighted by Gasteiger charge is 2.06. The topological polar surface area (TPSA) is 83.7 Å². The monoisotopic (exact) mass is 249 g/mol. The maximum atomic E-state index is 4.78. The molecule has 18 heavy (non-hydrogen) atoms. The van der Waals surface area contributed by atoms with Crippen molar-refractivity contribution in [2.75, 3.05) is 21.2 Å². The van der Waals surface area contributed by atoms with Gasteiger partial charge >= 0.3 is 0 Å². The molecule has 0 unspecified atom stereocenters. The third-order valence-corrected chi connectivity index (χ3v) is 2.17. The van der Waals surface area contributed by atoms with Crippen LogP contribution in [0.1, 0.15) is 0 Å². The summed E-state index contributed by atoms with van der Waals surface area (Å²) in [6.45, 7) is 0. The quantitative estimate of drug-likeness (QED) is 0.470. The van der Waals surface area contributed by atoms with Crippen LogP contribution in [0.25, 0.3) is 11.2 Å². The van der Waals surface area contributed by atoms with E-state index in [4.69, 9.17) is 4.84 Å². The molecule has 1 N–H and O–H groups in total. The number of hydrogen-bond donors (Lipinski definition) is 1. The molecule has 0 spiro atoms. The second kappa shape index (κ2) is 4.86. The first kappa shape index (κ1) is 12.1. The minimum Gasteiger partial charge on any atom is -0.397 e. The standard InChI is InChI=1S/C10H15N7O/c1-16(2)5-12-10-13-8(15-18-4)7-9(14-10)17(3)6-11-7/h5-6H,1-4H3,(H,13,14,15)/b12-5-. The average molecular weight is 249 g/mol. The summed E-state index contributed by atoms with van der Waals surface area (Å²) in [6, 6.07) is 0. The van der Waals surface area contributed by atoms with Crippen LogP contribution >= 0.6 is 0 Å². The molecule has 0 aliphatic rings. The smallest absolute Gasteiger partial charge is 0.231 e. The Labute approximate surface area is 104 Å². The molecule has 8 nitrogen and oxygen atoms in total. The van der Waals surface area contributed by atoms with Gasteiger partial charge in [0.15, 0.2) is 11.2 Å². The molecule has 8 heteroatoms. The number of rotatable bonds is 3. The lowest BCUT2D eigenvalue weighted by atomic mass is 10.5. The lowest BCUT2D eigenvalue weighted by Crippen LogP contribution is -2.12. The van der Waals surface area contributed by atoms with Gasteiger partial charge in [0.05, 0.1) is 12.7 Å². The Kier molecular flexibility index (Phi) is 3.26. The van der Waals surface area contributed by atoms with Crippen molar-refractivity contribution >= 4 is 23.5 Å². The molecule has 0 bridgehead atoms. The predicted molar refractivity (Wildman–Crippen MR) is 67.3 cm³/mol. The first-order valence-corrected chi connectivity index (χ1v) is 5.31. The molecule has 0 fully saturated rings. The summed E-state index contributed by atoms with van der Waals surface area (Å²) >= 11 is 0. The van der Waals surface area contributed by atoms with Crippen LogP contribution in [-0.2, 0) is 11.9 Å². The van der Waals surface area contributed by atoms with Crippen molar-refractivity contribution in [2.24, 2.45) is 17.2 Å². The van der Waals surface area contributed by atoms with Gasteiger partial charge in [-0.15, -0.1) is 0 Å². The van der Waals surface area contributed by atoms with E-state index in [2.05, 4.69) is 25.1 Å². The van der Waals surface area contributed by atoms with Crippen molar-refractivity contribution in [3.63, 3.8) is 0 Å². The van der Waals surface area contributed by atoms with Crippen LogP contribution in [-0.4, -0.2) is 52.0 Å². The molecule has 0 saturated carbocycles. The van der Waals surface area contributed by atoms with Crippen LogP contribution in [0.2, 0.25) is 0 Å². The highest BCUT2D eigenvalue weighted by atomic mass is 16.6. The number of hydrogen-bond acceptors (Lipinski definition) is 5. The number of nitrogens with one attached hydrogen (secondary N) is 1. The molecule has 0 aliphatic heterocycles. The fourth-order valence-corrected chi connectivity index (χ4v) is 1.40. The number of aryl methyl sites for hydroxylation is 1. The number of aromatic amines is 1. The SMILES string of the molecule is CO/N=c1\[nH]c(/N=C\N(C)C)nc2c1ncn2C. The molecular weight excluding hydrogens is 234 g/mol. The molecule has 2 rings (SSSR count).